The van der Waals surface area contributed by atoms with E-state index in [2.05, 4.69) is 25.9 Å². The van der Waals surface area contributed by atoms with E-state index in [-0.39, 0.29) is 0 Å². The third kappa shape index (κ3) is 4.84. The number of aromatic nitrogens is 3. The number of rotatable bonds is 5. The molecule has 3 N–H and O–H groups in total. The van der Waals surface area contributed by atoms with E-state index in [1.807, 2.05) is 49.4 Å². The molecule has 5 rings (SSSR count). The SMILES string of the molecule is Cc1nc(Nc2ccc(NC(=O)Nc3cccc(F)c3)cc2)c2nc(-c3ccccc3)sc2n1. The van der Waals surface area contributed by atoms with Gasteiger partial charge in [0.05, 0.1) is 0 Å². The lowest BCUT2D eigenvalue weighted by Crippen LogP contribution is -2.19. The van der Waals surface area contributed by atoms with Crippen LogP contribution < -0.4 is 16.0 Å². The van der Waals surface area contributed by atoms with Crippen LogP contribution in [0.2, 0.25) is 0 Å². The summed E-state index contributed by atoms with van der Waals surface area (Å²) in [5.41, 5.74) is 3.47. The monoisotopic (exact) mass is 470 g/mol. The summed E-state index contributed by atoms with van der Waals surface area (Å²) in [6, 6.07) is 22.4. The van der Waals surface area contributed by atoms with Crippen molar-refractivity contribution in [3.05, 3.63) is 90.5 Å². The number of anilines is 4. The van der Waals surface area contributed by atoms with Gasteiger partial charge in [-0.1, -0.05) is 47.7 Å². The van der Waals surface area contributed by atoms with E-state index in [4.69, 9.17) is 4.98 Å². The topological polar surface area (TPSA) is 91.8 Å². The summed E-state index contributed by atoms with van der Waals surface area (Å²) < 4.78 is 13.3. The Hall–Kier alpha value is -4.37. The fourth-order valence-corrected chi connectivity index (χ4v) is 4.34. The smallest absolute Gasteiger partial charge is 0.323 e. The Bertz CT molecular complexity index is 1470. The molecule has 0 aliphatic rings. The highest BCUT2D eigenvalue weighted by Gasteiger charge is 2.14. The number of urea groups is 1. The quantitative estimate of drug-likeness (QED) is 0.270. The summed E-state index contributed by atoms with van der Waals surface area (Å²) >= 11 is 1.52. The first-order valence-electron chi connectivity index (χ1n) is 10.4. The van der Waals surface area contributed by atoms with E-state index in [0.29, 0.717) is 28.5 Å². The van der Waals surface area contributed by atoms with Gasteiger partial charge in [-0.25, -0.2) is 24.1 Å². The molecule has 34 heavy (non-hydrogen) atoms. The predicted octanol–water partition coefficient (Wildman–Crippen LogP) is 6.59. The number of nitrogens with one attached hydrogen (secondary N) is 3. The third-order valence-electron chi connectivity index (χ3n) is 4.88. The van der Waals surface area contributed by atoms with Gasteiger partial charge < -0.3 is 16.0 Å². The molecule has 2 heterocycles. The average Bonchev–Trinajstić information content (AvgIpc) is 3.25. The van der Waals surface area contributed by atoms with Crippen molar-refractivity contribution in [3.8, 4) is 10.6 Å². The Morgan fingerprint density at radius 3 is 2.32 bits per heavy atom. The van der Waals surface area contributed by atoms with Crippen LogP contribution in [0, 0.1) is 12.7 Å². The molecule has 3 aromatic carbocycles. The van der Waals surface area contributed by atoms with Crippen LogP contribution in [-0.2, 0) is 0 Å². The van der Waals surface area contributed by atoms with Gasteiger partial charge in [0.15, 0.2) is 5.82 Å². The maximum atomic E-state index is 13.3. The molecule has 0 unspecified atom stereocenters. The second-order valence-electron chi connectivity index (χ2n) is 7.45. The van der Waals surface area contributed by atoms with Crippen molar-refractivity contribution in [2.75, 3.05) is 16.0 Å². The Labute approximate surface area is 198 Å². The van der Waals surface area contributed by atoms with Gasteiger partial charge in [-0.15, -0.1) is 0 Å². The number of hydrogen-bond donors (Lipinski definition) is 3. The molecule has 0 radical (unpaired) electrons. The number of benzene rings is 3. The fraction of sp³-hybridized carbons (Fsp3) is 0.0400. The summed E-state index contributed by atoms with van der Waals surface area (Å²) in [4.78, 5) is 26.8. The van der Waals surface area contributed by atoms with E-state index >= 15 is 0 Å². The molecular formula is C25H19FN6OS. The summed E-state index contributed by atoms with van der Waals surface area (Å²) in [7, 11) is 0. The molecule has 0 fully saturated rings. The highest BCUT2D eigenvalue weighted by Crippen LogP contribution is 2.33. The number of carbonyl (C=O) groups excluding carboxylic acids is 1. The van der Waals surface area contributed by atoms with Crippen LogP contribution in [0.1, 0.15) is 5.82 Å². The van der Waals surface area contributed by atoms with Crippen molar-refractivity contribution in [3.63, 3.8) is 0 Å². The minimum absolute atomic E-state index is 0.372. The summed E-state index contributed by atoms with van der Waals surface area (Å²) in [5, 5.41) is 9.50. The second-order valence-corrected chi connectivity index (χ2v) is 8.43. The zero-order chi connectivity index (χ0) is 23.5. The normalized spacial score (nSPS) is 10.8. The van der Waals surface area contributed by atoms with Crippen molar-refractivity contribution in [1.29, 1.82) is 0 Å². The highest BCUT2D eigenvalue weighted by atomic mass is 32.1. The zero-order valence-electron chi connectivity index (χ0n) is 18.0. The lowest BCUT2D eigenvalue weighted by atomic mass is 10.2. The molecule has 0 atom stereocenters. The van der Waals surface area contributed by atoms with Gasteiger partial charge in [0.2, 0.25) is 0 Å². The maximum Gasteiger partial charge on any atom is 0.323 e. The Morgan fingerprint density at radius 1 is 0.824 bits per heavy atom. The molecule has 7 nitrogen and oxygen atoms in total. The van der Waals surface area contributed by atoms with E-state index in [1.165, 1.54) is 29.5 Å². The molecule has 0 bridgehead atoms. The minimum atomic E-state index is -0.463. The summed E-state index contributed by atoms with van der Waals surface area (Å²) in [6.07, 6.45) is 0. The molecule has 0 saturated heterocycles. The number of aryl methyl sites for hydroxylation is 1. The second kappa shape index (κ2) is 9.24. The van der Waals surface area contributed by atoms with Crippen molar-refractivity contribution in [2.24, 2.45) is 0 Å². The van der Waals surface area contributed by atoms with Crippen LogP contribution in [0.25, 0.3) is 20.9 Å². The molecule has 5 aromatic rings. The standard InChI is InChI=1S/C25H19FN6OS/c1-15-27-22(21-24(28-15)34-23(32-21)16-6-3-2-4-7-16)29-18-10-12-19(13-11-18)30-25(33)31-20-9-5-8-17(26)14-20/h2-14H,1H3,(H,27,28,29)(H2,30,31,33). The van der Waals surface area contributed by atoms with Gasteiger partial charge in [-0.2, -0.15) is 0 Å². The molecule has 9 heteroatoms. The number of carbonyl (C=O) groups is 1. The summed E-state index contributed by atoms with van der Waals surface area (Å²) in [5.74, 6) is 0.842. The summed E-state index contributed by atoms with van der Waals surface area (Å²) in [6.45, 7) is 1.84. The van der Waals surface area contributed by atoms with Gasteiger partial charge in [0, 0.05) is 22.6 Å². The van der Waals surface area contributed by atoms with Gasteiger partial charge in [-0.3, -0.25) is 0 Å². The largest absolute Gasteiger partial charge is 0.338 e. The highest BCUT2D eigenvalue weighted by molar-refractivity contribution is 7.21. The van der Waals surface area contributed by atoms with Crippen LogP contribution in [0.5, 0.6) is 0 Å². The molecule has 168 valence electrons. The number of hydrogen-bond acceptors (Lipinski definition) is 6. The number of fused-ring (bicyclic) bond motifs is 1. The molecule has 0 saturated carbocycles. The number of amides is 2. The maximum absolute atomic E-state index is 13.3. The van der Waals surface area contributed by atoms with E-state index in [0.717, 1.165) is 21.1 Å². The van der Waals surface area contributed by atoms with E-state index < -0.39 is 11.8 Å². The van der Waals surface area contributed by atoms with Crippen molar-refractivity contribution >= 4 is 50.6 Å². The van der Waals surface area contributed by atoms with Crippen LogP contribution in [-0.4, -0.2) is 21.0 Å². The van der Waals surface area contributed by atoms with Gasteiger partial charge in [-0.05, 0) is 49.4 Å². The minimum Gasteiger partial charge on any atom is -0.338 e. The van der Waals surface area contributed by atoms with Crippen LogP contribution in [0.3, 0.4) is 0 Å². The average molecular weight is 471 g/mol. The first kappa shape index (κ1) is 21.5. The Kier molecular flexibility index (Phi) is 5.84. The van der Waals surface area contributed by atoms with Crippen molar-refractivity contribution in [2.45, 2.75) is 6.92 Å². The van der Waals surface area contributed by atoms with Crippen LogP contribution in [0.15, 0.2) is 78.9 Å². The number of thiazole rings is 1. The number of nitrogens with zero attached hydrogens (tertiary/aromatic N) is 3. The third-order valence-corrected chi connectivity index (χ3v) is 5.88. The molecule has 0 spiro atoms. The van der Waals surface area contributed by atoms with Crippen molar-refractivity contribution < 1.29 is 9.18 Å². The molecule has 0 aliphatic heterocycles. The zero-order valence-corrected chi connectivity index (χ0v) is 18.9. The molecule has 2 amide bonds. The van der Waals surface area contributed by atoms with E-state index in [1.54, 1.807) is 18.2 Å². The molecule has 2 aromatic heterocycles. The van der Waals surface area contributed by atoms with Gasteiger partial charge >= 0.3 is 6.03 Å². The first-order valence-corrected chi connectivity index (χ1v) is 11.3. The Morgan fingerprint density at radius 2 is 1.56 bits per heavy atom. The number of halogens is 1. The first-order chi connectivity index (χ1) is 16.5. The fourth-order valence-electron chi connectivity index (χ4n) is 3.35. The molecule has 0 aliphatic carbocycles. The Balaban J connectivity index is 1.32. The predicted molar refractivity (Wildman–Crippen MR) is 134 cm³/mol. The van der Waals surface area contributed by atoms with Crippen molar-refractivity contribution in [1.82, 2.24) is 15.0 Å². The van der Waals surface area contributed by atoms with Gasteiger partial charge in [0.25, 0.3) is 0 Å². The molecular weight excluding hydrogens is 451 g/mol. The van der Waals surface area contributed by atoms with Gasteiger partial charge in [0.1, 0.15) is 27.0 Å². The lowest BCUT2D eigenvalue weighted by molar-refractivity contribution is 0.262. The van der Waals surface area contributed by atoms with Crippen LogP contribution >= 0.6 is 11.3 Å². The van der Waals surface area contributed by atoms with E-state index in [9.17, 15) is 9.18 Å². The van der Waals surface area contributed by atoms with Crippen LogP contribution in [0.4, 0.5) is 32.1 Å². The lowest BCUT2D eigenvalue weighted by Gasteiger charge is -2.10.